The van der Waals surface area contributed by atoms with E-state index in [1.807, 2.05) is 26.2 Å². The summed E-state index contributed by atoms with van der Waals surface area (Å²) in [6, 6.07) is 1.24. The third kappa shape index (κ3) is 3.03. The first-order valence-corrected chi connectivity index (χ1v) is 7.87. The van der Waals surface area contributed by atoms with E-state index in [1.165, 1.54) is 5.56 Å². The lowest BCUT2D eigenvalue weighted by Crippen LogP contribution is -2.66. The molecule has 2 unspecified atom stereocenters. The fourth-order valence-electron chi connectivity index (χ4n) is 2.66. The molecule has 0 aromatic carbocycles. The molecular weight excluding hydrogens is 272 g/mol. The first-order valence-electron chi connectivity index (χ1n) is 6.92. The van der Waals surface area contributed by atoms with Crippen molar-refractivity contribution in [3.05, 3.63) is 22.4 Å². The summed E-state index contributed by atoms with van der Waals surface area (Å²) in [5.41, 5.74) is 0.947. The average Bonchev–Trinajstić information content (AvgIpc) is 2.83. The Bertz CT molecular complexity index is 490. The van der Waals surface area contributed by atoms with Gasteiger partial charge >= 0.3 is 0 Å². The van der Waals surface area contributed by atoms with Gasteiger partial charge in [-0.1, -0.05) is 20.8 Å². The number of carbonyl (C=O) groups is 2. The van der Waals surface area contributed by atoms with Crippen LogP contribution < -0.4 is 5.32 Å². The van der Waals surface area contributed by atoms with E-state index in [4.69, 9.17) is 0 Å². The molecule has 1 aliphatic rings. The molecule has 1 N–H and O–H groups in total. The van der Waals surface area contributed by atoms with Gasteiger partial charge in [-0.25, -0.2) is 0 Å². The maximum Gasteiger partial charge on any atom is 0.245 e. The Balaban J connectivity index is 2.18. The summed E-state index contributed by atoms with van der Waals surface area (Å²) in [7, 11) is 0. The quantitative estimate of drug-likeness (QED) is 0.927. The highest BCUT2D eigenvalue weighted by molar-refractivity contribution is 7.07. The Morgan fingerprint density at radius 1 is 1.35 bits per heavy atom. The molecule has 5 heteroatoms. The van der Waals surface area contributed by atoms with E-state index >= 15 is 0 Å². The molecule has 1 saturated heterocycles. The fraction of sp³-hybridized carbons (Fsp3) is 0.600. The molecule has 110 valence electrons. The Morgan fingerprint density at radius 3 is 2.60 bits per heavy atom. The fourth-order valence-corrected chi connectivity index (χ4v) is 3.36. The van der Waals surface area contributed by atoms with Gasteiger partial charge in [0.25, 0.3) is 0 Å². The van der Waals surface area contributed by atoms with Crippen LogP contribution >= 0.6 is 11.3 Å². The number of carbonyl (C=O) groups excluding carboxylic acids is 2. The van der Waals surface area contributed by atoms with Crippen LogP contribution in [0.15, 0.2) is 16.8 Å². The summed E-state index contributed by atoms with van der Waals surface area (Å²) in [6.07, 6.45) is 0.793. The normalized spacial score (nSPS) is 23.9. The molecule has 2 rings (SSSR count). The van der Waals surface area contributed by atoms with Gasteiger partial charge in [-0.05, 0) is 41.1 Å². The molecule has 4 nitrogen and oxygen atoms in total. The lowest BCUT2D eigenvalue weighted by Gasteiger charge is -2.44. The molecule has 0 radical (unpaired) electrons. The number of nitrogens with zero attached hydrogens (tertiary/aromatic N) is 1. The van der Waals surface area contributed by atoms with Crippen LogP contribution in [0.1, 0.15) is 33.3 Å². The van der Waals surface area contributed by atoms with Crippen molar-refractivity contribution in [2.45, 2.75) is 46.2 Å². The maximum atomic E-state index is 12.4. The van der Waals surface area contributed by atoms with Crippen molar-refractivity contribution in [1.82, 2.24) is 10.2 Å². The van der Waals surface area contributed by atoms with Gasteiger partial charge in [0.05, 0.1) is 0 Å². The highest BCUT2D eigenvalue weighted by Crippen LogP contribution is 2.28. The van der Waals surface area contributed by atoms with E-state index in [2.05, 4.69) is 16.8 Å². The van der Waals surface area contributed by atoms with Crippen molar-refractivity contribution in [3.63, 3.8) is 0 Å². The zero-order valence-corrected chi connectivity index (χ0v) is 13.3. The number of thiophene rings is 1. The summed E-state index contributed by atoms with van der Waals surface area (Å²) < 4.78 is 0. The minimum Gasteiger partial charge on any atom is -0.343 e. The van der Waals surface area contributed by atoms with Crippen molar-refractivity contribution in [2.75, 3.05) is 6.54 Å². The largest absolute Gasteiger partial charge is 0.343 e. The Morgan fingerprint density at radius 2 is 2.05 bits per heavy atom. The van der Waals surface area contributed by atoms with Gasteiger partial charge in [0.1, 0.15) is 12.1 Å². The van der Waals surface area contributed by atoms with Gasteiger partial charge in [0.2, 0.25) is 11.8 Å². The minimum absolute atomic E-state index is 0.0137. The molecule has 0 bridgehead atoms. The first-order chi connectivity index (χ1) is 9.30. The first kappa shape index (κ1) is 15.0. The van der Waals surface area contributed by atoms with E-state index in [0.717, 1.165) is 6.42 Å². The van der Waals surface area contributed by atoms with Gasteiger partial charge in [0.15, 0.2) is 0 Å². The Kier molecular flexibility index (Phi) is 4.18. The van der Waals surface area contributed by atoms with Crippen molar-refractivity contribution in [2.24, 2.45) is 5.41 Å². The molecule has 0 aliphatic carbocycles. The van der Waals surface area contributed by atoms with E-state index in [-0.39, 0.29) is 17.2 Å². The van der Waals surface area contributed by atoms with Crippen molar-refractivity contribution < 1.29 is 9.59 Å². The van der Waals surface area contributed by atoms with Crippen LogP contribution in [-0.4, -0.2) is 35.3 Å². The van der Waals surface area contributed by atoms with Crippen molar-refractivity contribution in [3.8, 4) is 0 Å². The second-order valence-corrected chi connectivity index (χ2v) is 7.19. The van der Waals surface area contributed by atoms with Crippen LogP contribution in [-0.2, 0) is 16.0 Å². The molecule has 1 aliphatic heterocycles. The van der Waals surface area contributed by atoms with E-state index < -0.39 is 12.1 Å². The monoisotopic (exact) mass is 294 g/mol. The van der Waals surface area contributed by atoms with Gasteiger partial charge < -0.3 is 10.2 Å². The predicted molar refractivity (Wildman–Crippen MR) is 80.6 cm³/mol. The van der Waals surface area contributed by atoms with Gasteiger partial charge in [-0.15, -0.1) is 0 Å². The van der Waals surface area contributed by atoms with Gasteiger partial charge in [0, 0.05) is 6.54 Å². The number of rotatable bonds is 3. The highest BCUT2D eigenvalue weighted by atomic mass is 32.1. The molecule has 1 aromatic rings. The second kappa shape index (κ2) is 5.56. The predicted octanol–water partition coefficient (Wildman–Crippen LogP) is 2.05. The molecule has 2 amide bonds. The average molecular weight is 294 g/mol. The smallest absolute Gasteiger partial charge is 0.245 e. The summed E-state index contributed by atoms with van der Waals surface area (Å²) in [6.45, 7) is 8.33. The molecule has 0 spiro atoms. The molecule has 20 heavy (non-hydrogen) atoms. The zero-order valence-electron chi connectivity index (χ0n) is 12.5. The summed E-state index contributed by atoms with van der Waals surface area (Å²) >= 11 is 1.65. The van der Waals surface area contributed by atoms with Gasteiger partial charge in [-0.3, -0.25) is 9.59 Å². The highest BCUT2D eigenvalue weighted by Gasteiger charge is 2.44. The van der Waals surface area contributed by atoms with E-state index in [0.29, 0.717) is 6.54 Å². The third-order valence-electron chi connectivity index (χ3n) is 3.61. The number of nitrogens with one attached hydrogen (secondary N) is 1. The number of hydrogen-bond donors (Lipinski definition) is 1. The van der Waals surface area contributed by atoms with Crippen LogP contribution in [0.4, 0.5) is 0 Å². The molecule has 2 atom stereocenters. The molecule has 2 heterocycles. The SMILES string of the molecule is CC1NC(=O)C(C(C)(C)C)N(CCc2ccsc2)C1=O. The zero-order chi connectivity index (χ0) is 14.9. The molecule has 0 saturated carbocycles. The van der Waals surface area contributed by atoms with Crippen LogP contribution in [0.5, 0.6) is 0 Å². The van der Waals surface area contributed by atoms with Crippen LogP contribution in [0, 0.1) is 5.41 Å². The van der Waals surface area contributed by atoms with Crippen LogP contribution in [0.25, 0.3) is 0 Å². The second-order valence-electron chi connectivity index (χ2n) is 6.41. The van der Waals surface area contributed by atoms with E-state index in [1.54, 1.807) is 23.2 Å². The standard InChI is InChI=1S/C15H22N2O2S/c1-10-14(19)17(7-5-11-6-8-20-9-11)12(13(18)16-10)15(2,3)4/h6,8-10,12H,5,7H2,1-4H3,(H,16,18). The summed E-state index contributed by atoms with van der Waals surface area (Å²) in [4.78, 5) is 26.4. The van der Waals surface area contributed by atoms with Crippen LogP contribution in [0.3, 0.4) is 0 Å². The minimum atomic E-state index is -0.427. The van der Waals surface area contributed by atoms with Crippen molar-refractivity contribution in [1.29, 1.82) is 0 Å². The number of piperazine rings is 1. The topological polar surface area (TPSA) is 49.4 Å². The van der Waals surface area contributed by atoms with Crippen molar-refractivity contribution >= 4 is 23.2 Å². The number of amides is 2. The Labute approximate surface area is 124 Å². The molecule has 1 fully saturated rings. The van der Waals surface area contributed by atoms with E-state index in [9.17, 15) is 9.59 Å². The lowest BCUT2D eigenvalue weighted by atomic mass is 9.83. The summed E-state index contributed by atoms with van der Waals surface area (Å²) in [5, 5.41) is 6.90. The number of hydrogen-bond acceptors (Lipinski definition) is 3. The Hall–Kier alpha value is -1.36. The maximum absolute atomic E-state index is 12.4. The summed E-state index contributed by atoms with van der Waals surface area (Å²) in [5.74, 6) is -0.0327. The third-order valence-corrected chi connectivity index (χ3v) is 4.35. The lowest BCUT2D eigenvalue weighted by molar-refractivity contribution is -0.153. The molecular formula is C15H22N2O2S. The molecule has 1 aromatic heterocycles. The van der Waals surface area contributed by atoms with Crippen LogP contribution in [0.2, 0.25) is 0 Å². The van der Waals surface area contributed by atoms with Gasteiger partial charge in [-0.2, -0.15) is 11.3 Å².